The first kappa shape index (κ1) is 24.2. The van der Waals surface area contributed by atoms with E-state index in [1.54, 1.807) is 48.7 Å². The SMILES string of the molecule is COc1cccnc1-c1cnc(Cl)cc1NC(C)CCCOc1c(-c2nccc(N)n2)cnn1C. The molecule has 35 heavy (non-hydrogen) atoms. The number of hydrogen-bond donors (Lipinski definition) is 2. The third kappa shape index (κ3) is 5.78. The number of nitrogens with zero attached hydrogens (tertiary/aromatic N) is 6. The highest BCUT2D eigenvalue weighted by molar-refractivity contribution is 6.29. The maximum Gasteiger partial charge on any atom is 0.222 e. The molecule has 0 radical (unpaired) electrons. The number of aryl methyl sites for hydroxylation is 1. The first-order valence-corrected chi connectivity index (χ1v) is 11.5. The van der Waals surface area contributed by atoms with Gasteiger partial charge >= 0.3 is 0 Å². The predicted molar refractivity (Wildman–Crippen MR) is 135 cm³/mol. The Balaban J connectivity index is 1.39. The fourth-order valence-corrected chi connectivity index (χ4v) is 3.80. The van der Waals surface area contributed by atoms with Gasteiger partial charge in [-0.25, -0.2) is 19.6 Å². The highest BCUT2D eigenvalue weighted by atomic mass is 35.5. The molecule has 0 amide bonds. The van der Waals surface area contributed by atoms with Crippen LogP contribution in [0, 0.1) is 0 Å². The minimum absolute atomic E-state index is 0.133. The molecular weight excluding hydrogens is 468 g/mol. The lowest BCUT2D eigenvalue weighted by Crippen LogP contribution is -2.17. The van der Waals surface area contributed by atoms with Gasteiger partial charge in [0, 0.05) is 42.9 Å². The number of halogens is 1. The number of nitrogen functional groups attached to an aromatic ring is 1. The van der Waals surface area contributed by atoms with Crippen molar-refractivity contribution in [1.82, 2.24) is 29.7 Å². The van der Waals surface area contributed by atoms with E-state index in [1.165, 1.54) is 0 Å². The van der Waals surface area contributed by atoms with Gasteiger partial charge in [-0.1, -0.05) is 11.6 Å². The number of methoxy groups -OCH3 is 1. The number of nitrogens with two attached hydrogens (primary N) is 1. The van der Waals surface area contributed by atoms with Crippen molar-refractivity contribution in [3.8, 4) is 34.3 Å². The normalized spacial score (nSPS) is 11.8. The molecule has 0 aliphatic heterocycles. The lowest BCUT2D eigenvalue weighted by Gasteiger charge is -2.19. The van der Waals surface area contributed by atoms with Crippen molar-refractivity contribution < 1.29 is 9.47 Å². The number of ether oxygens (including phenoxy) is 2. The van der Waals surface area contributed by atoms with Crippen LogP contribution in [0.15, 0.2) is 49.1 Å². The minimum atomic E-state index is 0.133. The van der Waals surface area contributed by atoms with Crippen LogP contribution in [0.3, 0.4) is 0 Å². The second-order valence-corrected chi connectivity index (χ2v) is 8.32. The van der Waals surface area contributed by atoms with Crippen LogP contribution in [0.2, 0.25) is 5.15 Å². The molecule has 0 saturated heterocycles. The van der Waals surface area contributed by atoms with Crippen LogP contribution in [0.5, 0.6) is 11.6 Å². The average Bonchev–Trinajstić information content (AvgIpc) is 3.22. The Hall–Kier alpha value is -3.92. The molecule has 3 N–H and O–H groups in total. The zero-order valence-electron chi connectivity index (χ0n) is 19.8. The Kier molecular flexibility index (Phi) is 7.61. The quantitative estimate of drug-likeness (QED) is 0.246. The summed E-state index contributed by atoms with van der Waals surface area (Å²) in [5, 5.41) is 8.20. The molecule has 4 rings (SSSR count). The third-order valence-electron chi connectivity index (χ3n) is 5.34. The summed E-state index contributed by atoms with van der Waals surface area (Å²) in [6.45, 7) is 2.60. The van der Waals surface area contributed by atoms with Gasteiger partial charge in [-0.3, -0.25) is 4.98 Å². The van der Waals surface area contributed by atoms with E-state index in [2.05, 4.69) is 37.3 Å². The summed E-state index contributed by atoms with van der Waals surface area (Å²) in [4.78, 5) is 17.2. The summed E-state index contributed by atoms with van der Waals surface area (Å²) in [5.41, 5.74) is 8.85. The molecule has 11 heteroatoms. The molecule has 0 aliphatic rings. The molecule has 4 heterocycles. The predicted octanol–water partition coefficient (Wildman–Crippen LogP) is 4.24. The molecule has 1 atom stereocenters. The second kappa shape index (κ2) is 11.0. The van der Waals surface area contributed by atoms with E-state index in [9.17, 15) is 0 Å². The first-order chi connectivity index (χ1) is 17.0. The highest BCUT2D eigenvalue weighted by Gasteiger charge is 2.17. The van der Waals surface area contributed by atoms with Crippen LogP contribution < -0.4 is 20.5 Å². The van der Waals surface area contributed by atoms with Crippen molar-refractivity contribution in [3.63, 3.8) is 0 Å². The number of hydrogen-bond acceptors (Lipinski definition) is 9. The molecule has 4 aromatic rings. The average molecular weight is 495 g/mol. The topological polar surface area (TPSA) is 126 Å². The molecule has 4 aromatic heterocycles. The van der Waals surface area contributed by atoms with Gasteiger partial charge in [0.05, 0.1) is 19.9 Å². The molecule has 0 bridgehead atoms. The summed E-state index contributed by atoms with van der Waals surface area (Å²) in [5.74, 6) is 2.14. The van der Waals surface area contributed by atoms with Crippen molar-refractivity contribution in [2.45, 2.75) is 25.8 Å². The number of pyridine rings is 2. The van der Waals surface area contributed by atoms with Crippen LogP contribution in [0.25, 0.3) is 22.6 Å². The minimum Gasteiger partial charge on any atom is -0.494 e. The molecule has 182 valence electrons. The van der Waals surface area contributed by atoms with Crippen LogP contribution in [-0.4, -0.2) is 49.5 Å². The van der Waals surface area contributed by atoms with Crippen molar-refractivity contribution >= 4 is 23.1 Å². The standard InChI is InChI=1S/C24H27ClN8O2/c1-15(31-18-12-20(25)29-13-16(18)22-19(34-3)7-4-9-27-22)6-5-11-35-24-17(14-30-33(24)2)23-28-10-8-21(26)32-23/h4,7-10,12-15H,5-6,11H2,1-3H3,(H,29,31)(H2,26,28,32). The molecule has 0 fully saturated rings. The maximum absolute atomic E-state index is 6.19. The van der Waals surface area contributed by atoms with Gasteiger partial charge in [0.2, 0.25) is 5.88 Å². The van der Waals surface area contributed by atoms with Crippen molar-refractivity contribution in [1.29, 1.82) is 0 Å². The van der Waals surface area contributed by atoms with Crippen molar-refractivity contribution in [2.24, 2.45) is 7.05 Å². The summed E-state index contributed by atoms with van der Waals surface area (Å²) in [7, 11) is 3.43. The van der Waals surface area contributed by atoms with Gasteiger partial charge in [0.1, 0.15) is 28.0 Å². The first-order valence-electron chi connectivity index (χ1n) is 11.1. The Labute approximate surface area is 208 Å². The van der Waals surface area contributed by atoms with Gasteiger partial charge in [-0.05, 0) is 44.0 Å². The Morgan fingerprint density at radius 1 is 1.14 bits per heavy atom. The lowest BCUT2D eigenvalue weighted by atomic mass is 10.1. The number of nitrogens with one attached hydrogen (secondary N) is 1. The fraction of sp³-hybridized carbons (Fsp3) is 0.292. The van der Waals surface area contributed by atoms with Crippen LogP contribution in [0.4, 0.5) is 11.5 Å². The van der Waals surface area contributed by atoms with Gasteiger partial charge in [-0.2, -0.15) is 5.10 Å². The molecular formula is C24H27ClN8O2. The fourth-order valence-electron chi connectivity index (χ4n) is 3.64. The molecule has 0 aromatic carbocycles. The Morgan fingerprint density at radius 3 is 2.80 bits per heavy atom. The highest BCUT2D eigenvalue weighted by Crippen LogP contribution is 2.34. The van der Waals surface area contributed by atoms with E-state index >= 15 is 0 Å². The summed E-state index contributed by atoms with van der Waals surface area (Å²) in [6, 6.07) is 7.26. The van der Waals surface area contributed by atoms with Crippen molar-refractivity contribution in [2.75, 3.05) is 24.8 Å². The van der Waals surface area contributed by atoms with E-state index in [0.29, 0.717) is 46.3 Å². The van der Waals surface area contributed by atoms with Crippen molar-refractivity contribution in [3.05, 3.63) is 54.2 Å². The molecule has 10 nitrogen and oxygen atoms in total. The van der Waals surface area contributed by atoms with Crippen LogP contribution in [-0.2, 0) is 7.05 Å². The number of rotatable bonds is 10. The van der Waals surface area contributed by atoms with Crippen LogP contribution in [0.1, 0.15) is 19.8 Å². The zero-order valence-corrected chi connectivity index (χ0v) is 20.5. The van der Waals surface area contributed by atoms with E-state index in [-0.39, 0.29) is 6.04 Å². The Morgan fingerprint density at radius 2 is 2.00 bits per heavy atom. The molecule has 0 aliphatic carbocycles. The van der Waals surface area contributed by atoms with E-state index in [0.717, 1.165) is 24.1 Å². The number of anilines is 2. The smallest absolute Gasteiger partial charge is 0.222 e. The summed E-state index contributed by atoms with van der Waals surface area (Å²) < 4.78 is 13.2. The second-order valence-electron chi connectivity index (χ2n) is 7.94. The summed E-state index contributed by atoms with van der Waals surface area (Å²) >= 11 is 6.19. The number of aromatic nitrogens is 6. The Bertz CT molecular complexity index is 1300. The summed E-state index contributed by atoms with van der Waals surface area (Å²) in [6.07, 6.45) is 8.36. The van der Waals surface area contributed by atoms with E-state index in [4.69, 9.17) is 26.8 Å². The molecule has 0 saturated carbocycles. The zero-order chi connectivity index (χ0) is 24.8. The van der Waals surface area contributed by atoms with Gasteiger partial charge in [-0.15, -0.1) is 0 Å². The van der Waals surface area contributed by atoms with E-state index < -0.39 is 0 Å². The van der Waals surface area contributed by atoms with Gasteiger partial charge in [0.25, 0.3) is 0 Å². The van der Waals surface area contributed by atoms with Crippen LogP contribution >= 0.6 is 11.6 Å². The van der Waals surface area contributed by atoms with Gasteiger partial charge in [0.15, 0.2) is 5.82 Å². The molecule has 1 unspecified atom stereocenters. The van der Waals surface area contributed by atoms with E-state index in [1.807, 2.05) is 19.2 Å². The third-order valence-corrected chi connectivity index (χ3v) is 5.55. The lowest BCUT2D eigenvalue weighted by molar-refractivity contribution is 0.280. The largest absolute Gasteiger partial charge is 0.494 e. The maximum atomic E-state index is 6.19. The monoisotopic (exact) mass is 494 g/mol. The van der Waals surface area contributed by atoms with Gasteiger partial charge < -0.3 is 20.5 Å². The molecule has 0 spiro atoms.